The van der Waals surface area contributed by atoms with E-state index in [1.165, 1.54) is 6.07 Å². The lowest BCUT2D eigenvalue weighted by Gasteiger charge is -2.07. The van der Waals surface area contributed by atoms with E-state index in [1.54, 1.807) is 6.07 Å². The van der Waals surface area contributed by atoms with Gasteiger partial charge >= 0.3 is 0 Å². The first-order valence-corrected chi connectivity index (χ1v) is 6.75. The van der Waals surface area contributed by atoms with E-state index in [0.717, 1.165) is 22.2 Å². The summed E-state index contributed by atoms with van der Waals surface area (Å²) in [6.45, 7) is 1.91. The Morgan fingerprint density at radius 1 is 1.15 bits per heavy atom. The van der Waals surface area contributed by atoms with Crippen molar-refractivity contribution in [2.24, 2.45) is 0 Å². The molecule has 1 N–H and O–H groups in total. The molecule has 0 fully saturated rings. The van der Waals surface area contributed by atoms with Crippen LogP contribution in [-0.2, 0) is 11.2 Å². The Morgan fingerprint density at radius 3 is 2.55 bits per heavy atom. The van der Waals surface area contributed by atoms with E-state index in [0.29, 0.717) is 11.3 Å². The van der Waals surface area contributed by atoms with Gasteiger partial charge < -0.3 is 5.32 Å². The molecule has 2 aromatic carbocycles. The highest BCUT2D eigenvalue weighted by atomic mass is 79.9. The van der Waals surface area contributed by atoms with Crippen molar-refractivity contribution in [2.45, 2.75) is 13.3 Å². The molecule has 0 saturated carbocycles. The predicted molar refractivity (Wildman–Crippen MR) is 77.6 cm³/mol. The minimum Gasteiger partial charge on any atom is -0.326 e. The molecule has 2 nitrogen and oxygen atoms in total. The van der Waals surface area contributed by atoms with Gasteiger partial charge in [-0.05, 0) is 48.4 Å². The van der Waals surface area contributed by atoms with Gasteiger partial charge in [-0.25, -0.2) is 8.78 Å². The number of rotatable bonds is 3. The van der Waals surface area contributed by atoms with Crippen LogP contribution in [0, 0.1) is 18.6 Å². The highest BCUT2D eigenvalue weighted by Crippen LogP contribution is 2.20. The van der Waals surface area contributed by atoms with Gasteiger partial charge in [0.25, 0.3) is 0 Å². The molecule has 2 aromatic rings. The Bertz CT molecular complexity index is 603. The standard InChI is InChI=1S/C15H12BrF2NO/c1-9-6-11(3-4-12(9)16)19-15(20)8-10-2-5-13(17)14(18)7-10/h2-7H,8H2,1H3,(H,19,20). The van der Waals surface area contributed by atoms with Crippen LogP contribution in [0.2, 0.25) is 0 Å². The van der Waals surface area contributed by atoms with Crippen molar-refractivity contribution >= 4 is 27.5 Å². The number of anilines is 1. The molecule has 0 aliphatic heterocycles. The van der Waals surface area contributed by atoms with Gasteiger partial charge in [0.2, 0.25) is 5.91 Å². The van der Waals surface area contributed by atoms with Crippen LogP contribution in [0.25, 0.3) is 0 Å². The van der Waals surface area contributed by atoms with Crippen molar-refractivity contribution in [1.29, 1.82) is 0 Å². The lowest BCUT2D eigenvalue weighted by molar-refractivity contribution is -0.115. The average Bonchev–Trinajstić information content (AvgIpc) is 2.38. The van der Waals surface area contributed by atoms with Gasteiger partial charge in [0, 0.05) is 10.2 Å². The van der Waals surface area contributed by atoms with Crippen molar-refractivity contribution in [3.63, 3.8) is 0 Å². The molecular formula is C15H12BrF2NO. The average molecular weight is 340 g/mol. The highest BCUT2D eigenvalue weighted by Gasteiger charge is 2.08. The molecular weight excluding hydrogens is 328 g/mol. The number of carbonyl (C=O) groups excluding carboxylic acids is 1. The molecule has 0 unspecified atom stereocenters. The molecule has 0 radical (unpaired) electrons. The number of amides is 1. The van der Waals surface area contributed by atoms with E-state index in [2.05, 4.69) is 21.2 Å². The number of hydrogen-bond acceptors (Lipinski definition) is 1. The number of carbonyl (C=O) groups is 1. The number of hydrogen-bond donors (Lipinski definition) is 1. The summed E-state index contributed by atoms with van der Waals surface area (Å²) < 4.78 is 26.8. The molecule has 2 rings (SSSR count). The van der Waals surface area contributed by atoms with E-state index >= 15 is 0 Å². The van der Waals surface area contributed by atoms with Gasteiger partial charge in [-0.15, -0.1) is 0 Å². The van der Waals surface area contributed by atoms with Crippen molar-refractivity contribution < 1.29 is 13.6 Å². The summed E-state index contributed by atoms with van der Waals surface area (Å²) in [5.41, 5.74) is 2.09. The fraction of sp³-hybridized carbons (Fsp3) is 0.133. The first-order valence-electron chi connectivity index (χ1n) is 5.95. The first kappa shape index (κ1) is 14.7. The van der Waals surface area contributed by atoms with E-state index in [4.69, 9.17) is 0 Å². The minimum absolute atomic E-state index is 0.00763. The van der Waals surface area contributed by atoms with Gasteiger partial charge in [-0.3, -0.25) is 4.79 Å². The van der Waals surface area contributed by atoms with Crippen LogP contribution in [0.5, 0.6) is 0 Å². The van der Waals surface area contributed by atoms with Crippen LogP contribution < -0.4 is 5.32 Å². The van der Waals surface area contributed by atoms with Crippen LogP contribution in [0.15, 0.2) is 40.9 Å². The zero-order chi connectivity index (χ0) is 14.7. The summed E-state index contributed by atoms with van der Waals surface area (Å²) in [5.74, 6) is -2.15. The third-order valence-corrected chi connectivity index (χ3v) is 3.68. The van der Waals surface area contributed by atoms with Crippen molar-refractivity contribution in [3.8, 4) is 0 Å². The third-order valence-electron chi connectivity index (χ3n) is 2.79. The Hall–Kier alpha value is -1.75. The highest BCUT2D eigenvalue weighted by molar-refractivity contribution is 9.10. The Balaban J connectivity index is 2.04. The van der Waals surface area contributed by atoms with E-state index in [1.807, 2.05) is 19.1 Å². The summed E-state index contributed by atoms with van der Waals surface area (Å²) in [6, 6.07) is 8.87. The molecule has 0 saturated heterocycles. The van der Waals surface area contributed by atoms with Gasteiger partial charge in [-0.1, -0.05) is 22.0 Å². The molecule has 5 heteroatoms. The second-order valence-electron chi connectivity index (χ2n) is 4.44. The number of aryl methyl sites for hydroxylation is 1. The van der Waals surface area contributed by atoms with Crippen molar-refractivity contribution in [2.75, 3.05) is 5.32 Å². The molecule has 0 aromatic heterocycles. The zero-order valence-corrected chi connectivity index (χ0v) is 12.3. The van der Waals surface area contributed by atoms with Crippen molar-refractivity contribution in [3.05, 3.63) is 63.6 Å². The number of benzene rings is 2. The Kier molecular flexibility index (Phi) is 4.49. The van der Waals surface area contributed by atoms with Gasteiger partial charge in [0.1, 0.15) is 0 Å². The second kappa shape index (κ2) is 6.13. The Morgan fingerprint density at radius 2 is 1.90 bits per heavy atom. The Labute approximate surface area is 123 Å². The summed E-state index contributed by atoms with van der Waals surface area (Å²) in [4.78, 5) is 11.8. The van der Waals surface area contributed by atoms with Crippen molar-refractivity contribution in [1.82, 2.24) is 0 Å². The summed E-state index contributed by atoms with van der Waals surface area (Å²) in [7, 11) is 0. The van der Waals surface area contributed by atoms with Crippen LogP contribution in [0.3, 0.4) is 0 Å². The van der Waals surface area contributed by atoms with E-state index in [9.17, 15) is 13.6 Å². The SMILES string of the molecule is Cc1cc(NC(=O)Cc2ccc(F)c(F)c2)ccc1Br. The molecule has 0 spiro atoms. The fourth-order valence-corrected chi connectivity index (χ4v) is 2.01. The van der Waals surface area contributed by atoms with Crippen LogP contribution in [-0.4, -0.2) is 5.91 Å². The topological polar surface area (TPSA) is 29.1 Å². The maximum Gasteiger partial charge on any atom is 0.228 e. The van der Waals surface area contributed by atoms with E-state index in [-0.39, 0.29) is 12.3 Å². The predicted octanol–water partition coefficient (Wildman–Crippen LogP) is 4.22. The fourth-order valence-electron chi connectivity index (χ4n) is 1.76. The molecule has 0 atom stereocenters. The maximum atomic E-state index is 13.0. The maximum absolute atomic E-state index is 13.0. The lowest BCUT2D eigenvalue weighted by atomic mass is 10.1. The zero-order valence-electron chi connectivity index (χ0n) is 10.7. The molecule has 104 valence electrons. The molecule has 20 heavy (non-hydrogen) atoms. The van der Waals surface area contributed by atoms with Gasteiger partial charge in [0.05, 0.1) is 6.42 Å². The molecule has 0 aliphatic rings. The van der Waals surface area contributed by atoms with Crippen LogP contribution in [0.4, 0.5) is 14.5 Å². The number of nitrogens with one attached hydrogen (secondary N) is 1. The number of halogens is 3. The van der Waals surface area contributed by atoms with Gasteiger partial charge in [-0.2, -0.15) is 0 Å². The molecule has 0 heterocycles. The van der Waals surface area contributed by atoms with Gasteiger partial charge in [0.15, 0.2) is 11.6 Å². The normalized spacial score (nSPS) is 10.4. The van der Waals surface area contributed by atoms with E-state index < -0.39 is 11.6 Å². The van der Waals surface area contributed by atoms with Crippen LogP contribution in [0.1, 0.15) is 11.1 Å². The summed E-state index contributed by atoms with van der Waals surface area (Å²) >= 11 is 3.37. The molecule has 1 amide bonds. The monoisotopic (exact) mass is 339 g/mol. The quantitative estimate of drug-likeness (QED) is 0.891. The summed E-state index contributed by atoms with van der Waals surface area (Å²) in [5, 5.41) is 2.72. The third kappa shape index (κ3) is 3.63. The smallest absolute Gasteiger partial charge is 0.228 e. The second-order valence-corrected chi connectivity index (χ2v) is 5.29. The van der Waals surface area contributed by atoms with Crippen LogP contribution >= 0.6 is 15.9 Å². The molecule has 0 bridgehead atoms. The minimum atomic E-state index is -0.949. The summed E-state index contributed by atoms with van der Waals surface area (Å²) in [6.07, 6.45) is -0.00763. The largest absolute Gasteiger partial charge is 0.326 e. The first-order chi connectivity index (χ1) is 9.45. The molecule has 0 aliphatic carbocycles. The lowest BCUT2D eigenvalue weighted by Crippen LogP contribution is -2.14.